The zero-order valence-corrected chi connectivity index (χ0v) is 15.7. The van der Waals surface area contributed by atoms with Crippen LogP contribution in [0.4, 0.5) is 5.82 Å². The molecule has 0 spiro atoms. The number of nitrogens with zero attached hydrogens (tertiary/aromatic N) is 6. The van der Waals surface area contributed by atoms with Gasteiger partial charge in [-0.25, -0.2) is 9.67 Å². The molecular formula is C19H19ClN6O. The van der Waals surface area contributed by atoms with Gasteiger partial charge in [0.15, 0.2) is 5.82 Å². The minimum absolute atomic E-state index is 0.0255. The molecule has 27 heavy (non-hydrogen) atoms. The van der Waals surface area contributed by atoms with E-state index in [1.54, 1.807) is 17.9 Å². The topological polar surface area (TPSA) is 76.8 Å². The van der Waals surface area contributed by atoms with Crippen LogP contribution in [-0.2, 0) is 17.8 Å². The molecule has 1 aromatic carbocycles. The van der Waals surface area contributed by atoms with Crippen molar-refractivity contribution < 1.29 is 4.79 Å². The van der Waals surface area contributed by atoms with Crippen LogP contribution in [0.15, 0.2) is 42.5 Å². The van der Waals surface area contributed by atoms with Crippen molar-refractivity contribution in [2.45, 2.75) is 32.2 Å². The average molecular weight is 383 g/mol. The number of carbonyl (C=O) groups excluding carboxylic acids is 1. The Morgan fingerprint density at radius 2 is 2.04 bits per heavy atom. The summed E-state index contributed by atoms with van der Waals surface area (Å²) in [4.78, 5) is 18.0. The normalized spacial score (nSPS) is 15.8. The molecular weight excluding hydrogens is 364 g/mol. The second-order valence-electron chi connectivity index (χ2n) is 6.65. The van der Waals surface area contributed by atoms with Gasteiger partial charge in [-0.1, -0.05) is 48.0 Å². The van der Waals surface area contributed by atoms with Crippen LogP contribution in [0, 0.1) is 0 Å². The van der Waals surface area contributed by atoms with E-state index in [0.717, 1.165) is 29.8 Å². The summed E-state index contributed by atoms with van der Waals surface area (Å²) in [6.07, 6.45) is 1.55. The first-order valence-electron chi connectivity index (χ1n) is 8.85. The molecule has 7 nitrogen and oxygen atoms in total. The molecule has 0 bridgehead atoms. The summed E-state index contributed by atoms with van der Waals surface area (Å²) < 4.78 is 1.83. The lowest BCUT2D eigenvalue weighted by Crippen LogP contribution is -2.27. The fourth-order valence-electron chi connectivity index (χ4n) is 3.49. The van der Waals surface area contributed by atoms with Crippen molar-refractivity contribution in [1.29, 1.82) is 0 Å². The number of amides is 1. The Hall–Kier alpha value is -2.80. The molecule has 0 radical (unpaired) electrons. The van der Waals surface area contributed by atoms with E-state index in [1.165, 1.54) is 0 Å². The van der Waals surface area contributed by atoms with E-state index in [9.17, 15) is 4.79 Å². The number of tetrazole rings is 1. The predicted octanol–water partition coefficient (Wildman–Crippen LogP) is 2.85. The van der Waals surface area contributed by atoms with Crippen LogP contribution in [-0.4, -0.2) is 37.6 Å². The van der Waals surface area contributed by atoms with Crippen LogP contribution in [0.5, 0.6) is 0 Å². The molecule has 0 N–H and O–H groups in total. The SMILES string of the molecule is CC(=O)N1CC(CCc2nnnn2Cc2ccccc2)c2ccc(Cl)nc21. The first-order valence-corrected chi connectivity index (χ1v) is 9.23. The average Bonchev–Trinajstić information content (AvgIpc) is 3.24. The Morgan fingerprint density at radius 3 is 2.81 bits per heavy atom. The molecule has 0 aliphatic carbocycles. The number of aryl methyl sites for hydroxylation is 1. The third-order valence-electron chi connectivity index (χ3n) is 4.85. The van der Waals surface area contributed by atoms with Crippen molar-refractivity contribution in [2.24, 2.45) is 0 Å². The van der Waals surface area contributed by atoms with Crippen LogP contribution in [0.2, 0.25) is 5.15 Å². The van der Waals surface area contributed by atoms with Crippen molar-refractivity contribution in [1.82, 2.24) is 25.2 Å². The Labute approximate surface area is 162 Å². The molecule has 138 valence electrons. The molecule has 3 heterocycles. The number of rotatable bonds is 5. The molecule has 2 aromatic heterocycles. The second kappa shape index (κ2) is 7.44. The minimum atomic E-state index is -0.0255. The third-order valence-corrected chi connectivity index (χ3v) is 5.06. The fraction of sp³-hybridized carbons (Fsp3) is 0.316. The van der Waals surface area contributed by atoms with Crippen LogP contribution < -0.4 is 4.90 Å². The summed E-state index contributed by atoms with van der Waals surface area (Å²) >= 11 is 6.02. The number of benzene rings is 1. The maximum atomic E-state index is 12.0. The highest BCUT2D eigenvalue weighted by molar-refractivity contribution is 6.29. The lowest BCUT2D eigenvalue weighted by atomic mass is 9.97. The van der Waals surface area contributed by atoms with Gasteiger partial charge in [0, 0.05) is 31.4 Å². The molecule has 4 rings (SSSR count). The minimum Gasteiger partial charge on any atom is -0.296 e. The van der Waals surface area contributed by atoms with Crippen LogP contribution >= 0.6 is 11.6 Å². The van der Waals surface area contributed by atoms with Crippen molar-refractivity contribution >= 4 is 23.3 Å². The zero-order chi connectivity index (χ0) is 18.8. The molecule has 1 amide bonds. The van der Waals surface area contributed by atoms with E-state index in [-0.39, 0.29) is 11.8 Å². The summed E-state index contributed by atoms with van der Waals surface area (Å²) in [5.41, 5.74) is 2.20. The van der Waals surface area contributed by atoms with Crippen LogP contribution in [0.1, 0.15) is 36.2 Å². The highest BCUT2D eigenvalue weighted by Crippen LogP contribution is 2.38. The summed E-state index contributed by atoms with van der Waals surface area (Å²) in [6, 6.07) is 13.8. The number of aromatic nitrogens is 5. The molecule has 3 aromatic rings. The van der Waals surface area contributed by atoms with Gasteiger partial charge < -0.3 is 0 Å². The summed E-state index contributed by atoms with van der Waals surface area (Å²) in [7, 11) is 0. The number of fused-ring (bicyclic) bond motifs is 1. The van der Waals surface area contributed by atoms with E-state index in [4.69, 9.17) is 11.6 Å². The van der Waals surface area contributed by atoms with Gasteiger partial charge in [0.05, 0.1) is 6.54 Å². The summed E-state index contributed by atoms with van der Waals surface area (Å²) in [6.45, 7) is 2.80. The van der Waals surface area contributed by atoms with Gasteiger partial charge in [0.2, 0.25) is 5.91 Å². The van der Waals surface area contributed by atoms with Crippen molar-refractivity contribution in [3.8, 4) is 0 Å². The third kappa shape index (κ3) is 3.68. The Balaban J connectivity index is 1.49. The first kappa shape index (κ1) is 17.6. The standard InChI is InChI=1S/C19H19ClN6O/c1-13(27)25-12-15(16-8-9-17(20)21-19(16)25)7-10-18-22-23-24-26(18)11-14-5-3-2-4-6-14/h2-6,8-9,15H,7,10-12H2,1H3. The van der Waals surface area contributed by atoms with Gasteiger partial charge in [-0.2, -0.15) is 0 Å². The first-order chi connectivity index (χ1) is 13.1. The fourth-order valence-corrected chi connectivity index (χ4v) is 3.63. The van der Waals surface area contributed by atoms with Crippen molar-refractivity contribution in [2.75, 3.05) is 11.4 Å². The van der Waals surface area contributed by atoms with Crippen molar-refractivity contribution in [3.05, 3.63) is 64.6 Å². The Kier molecular flexibility index (Phi) is 4.85. The largest absolute Gasteiger partial charge is 0.296 e. The predicted molar refractivity (Wildman–Crippen MR) is 102 cm³/mol. The van der Waals surface area contributed by atoms with Crippen LogP contribution in [0.25, 0.3) is 0 Å². The quantitative estimate of drug-likeness (QED) is 0.634. The smallest absolute Gasteiger partial charge is 0.225 e. The Bertz CT molecular complexity index is 958. The van der Waals surface area contributed by atoms with Gasteiger partial charge in [0.1, 0.15) is 11.0 Å². The van der Waals surface area contributed by atoms with Gasteiger partial charge >= 0.3 is 0 Å². The summed E-state index contributed by atoms with van der Waals surface area (Å²) in [5.74, 6) is 1.67. The van der Waals surface area contributed by atoms with E-state index in [0.29, 0.717) is 24.1 Å². The van der Waals surface area contributed by atoms with Gasteiger partial charge in [-0.05, 0) is 28.5 Å². The lowest BCUT2D eigenvalue weighted by molar-refractivity contribution is -0.116. The molecule has 0 saturated heterocycles. The number of halogens is 1. The van der Waals surface area contributed by atoms with E-state index >= 15 is 0 Å². The molecule has 0 saturated carbocycles. The van der Waals surface area contributed by atoms with Crippen molar-refractivity contribution in [3.63, 3.8) is 0 Å². The van der Waals surface area contributed by atoms with E-state index < -0.39 is 0 Å². The molecule has 8 heteroatoms. The summed E-state index contributed by atoms with van der Waals surface area (Å²) in [5, 5.41) is 12.5. The van der Waals surface area contributed by atoms with Gasteiger partial charge in [-0.3, -0.25) is 9.69 Å². The van der Waals surface area contributed by atoms with Gasteiger partial charge in [-0.15, -0.1) is 5.10 Å². The van der Waals surface area contributed by atoms with E-state index in [2.05, 4.69) is 32.6 Å². The molecule has 1 aliphatic heterocycles. The number of hydrogen-bond donors (Lipinski definition) is 0. The number of anilines is 1. The molecule has 1 atom stereocenters. The second-order valence-corrected chi connectivity index (χ2v) is 7.04. The number of carbonyl (C=O) groups is 1. The lowest BCUT2D eigenvalue weighted by Gasteiger charge is -2.14. The number of hydrogen-bond acceptors (Lipinski definition) is 5. The van der Waals surface area contributed by atoms with Crippen LogP contribution in [0.3, 0.4) is 0 Å². The number of pyridine rings is 1. The monoisotopic (exact) mass is 382 g/mol. The maximum Gasteiger partial charge on any atom is 0.225 e. The highest BCUT2D eigenvalue weighted by Gasteiger charge is 2.32. The zero-order valence-electron chi connectivity index (χ0n) is 14.9. The highest BCUT2D eigenvalue weighted by atomic mass is 35.5. The Morgan fingerprint density at radius 1 is 1.22 bits per heavy atom. The van der Waals surface area contributed by atoms with E-state index in [1.807, 2.05) is 28.9 Å². The molecule has 1 unspecified atom stereocenters. The molecule has 0 fully saturated rings. The van der Waals surface area contributed by atoms with Gasteiger partial charge in [0.25, 0.3) is 0 Å². The maximum absolute atomic E-state index is 12.0. The molecule has 1 aliphatic rings.